The van der Waals surface area contributed by atoms with Gasteiger partial charge in [-0.05, 0) is 18.4 Å². The molecule has 1 aliphatic heterocycles. The second-order valence-corrected chi connectivity index (χ2v) is 6.27. The van der Waals surface area contributed by atoms with Gasteiger partial charge in [-0.15, -0.1) is 0 Å². The van der Waals surface area contributed by atoms with Crippen molar-refractivity contribution in [2.75, 3.05) is 13.1 Å². The van der Waals surface area contributed by atoms with Crippen LogP contribution in [0.15, 0.2) is 24.3 Å². The summed E-state index contributed by atoms with van der Waals surface area (Å²) in [5.41, 5.74) is 2.88. The minimum absolute atomic E-state index is 0.242. The van der Waals surface area contributed by atoms with E-state index >= 15 is 0 Å². The quantitative estimate of drug-likeness (QED) is 0.849. The lowest BCUT2D eigenvalue weighted by Crippen LogP contribution is -3.13. The van der Waals surface area contributed by atoms with E-state index in [1.165, 1.54) is 48.1 Å². The van der Waals surface area contributed by atoms with Gasteiger partial charge in [0.05, 0.1) is 6.54 Å². The van der Waals surface area contributed by atoms with Gasteiger partial charge in [-0.25, -0.2) is 0 Å². The summed E-state index contributed by atoms with van der Waals surface area (Å²) in [5.74, 6) is 0.242. The van der Waals surface area contributed by atoms with Crippen LogP contribution in [0.25, 0.3) is 0 Å². The molecule has 1 heterocycles. The Bertz CT molecular complexity index is 466. The average Bonchev–Trinajstić information content (AvgIpc) is 2.48. The molecule has 1 aromatic carbocycles. The van der Waals surface area contributed by atoms with E-state index in [2.05, 4.69) is 29.6 Å². The van der Waals surface area contributed by atoms with Gasteiger partial charge in [-0.2, -0.15) is 0 Å². The average molecular weight is 273 g/mol. The highest BCUT2D eigenvalue weighted by molar-refractivity contribution is 5.77. The van der Waals surface area contributed by atoms with Crippen molar-refractivity contribution in [3.05, 3.63) is 35.4 Å². The number of rotatable bonds is 3. The van der Waals surface area contributed by atoms with Gasteiger partial charge in [0, 0.05) is 18.0 Å². The summed E-state index contributed by atoms with van der Waals surface area (Å²) in [6.07, 6.45) is 7.32. The molecule has 1 unspecified atom stereocenters. The molecule has 0 bridgehead atoms. The summed E-state index contributed by atoms with van der Waals surface area (Å²) in [7, 11) is 0. The van der Waals surface area contributed by atoms with Gasteiger partial charge in [0.2, 0.25) is 0 Å². The Morgan fingerprint density at radius 3 is 2.70 bits per heavy atom. The van der Waals surface area contributed by atoms with Gasteiger partial charge >= 0.3 is 0 Å². The predicted octanol–water partition coefficient (Wildman–Crippen LogP) is 1.08. The lowest BCUT2D eigenvalue weighted by Gasteiger charge is -2.27. The third kappa shape index (κ3) is 3.40. The first-order valence-electron chi connectivity index (χ1n) is 8.01. The summed E-state index contributed by atoms with van der Waals surface area (Å²) in [6, 6.07) is 9.07. The lowest BCUT2D eigenvalue weighted by molar-refractivity contribution is -0.908. The van der Waals surface area contributed by atoms with Crippen LogP contribution in [-0.4, -0.2) is 25.0 Å². The van der Waals surface area contributed by atoms with Crippen LogP contribution in [0.5, 0.6) is 0 Å². The zero-order chi connectivity index (χ0) is 13.8. The summed E-state index contributed by atoms with van der Waals surface area (Å²) in [4.78, 5) is 13.6. The smallest absolute Gasteiger partial charge is 0.275 e. The number of hydrogen-bond acceptors (Lipinski definition) is 1. The van der Waals surface area contributed by atoms with Gasteiger partial charge in [-0.1, -0.05) is 43.5 Å². The third-order valence-corrected chi connectivity index (χ3v) is 4.69. The number of benzene rings is 1. The fraction of sp³-hybridized carbons (Fsp3) is 0.588. The molecule has 0 radical (unpaired) electrons. The molecule has 0 aromatic heterocycles. The van der Waals surface area contributed by atoms with Crippen LogP contribution in [-0.2, 0) is 17.8 Å². The van der Waals surface area contributed by atoms with E-state index in [1.807, 2.05) is 0 Å². The minimum Gasteiger partial charge on any atom is -0.348 e. The molecule has 3 nitrogen and oxygen atoms in total. The van der Waals surface area contributed by atoms with E-state index in [0.29, 0.717) is 12.6 Å². The second kappa shape index (κ2) is 6.40. The Kier molecular flexibility index (Phi) is 4.36. The predicted molar refractivity (Wildman–Crippen MR) is 79.6 cm³/mol. The molecular formula is C17H25N2O+. The molecular weight excluding hydrogens is 248 g/mol. The number of fused-ring (bicyclic) bond motifs is 1. The van der Waals surface area contributed by atoms with Crippen molar-refractivity contribution in [1.29, 1.82) is 0 Å². The van der Waals surface area contributed by atoms with E-state index in [9.17, 15) is 4.79 Å². The molecule has 0 saturated heterocycles. The summed E-state index contributed by atoms with van der Waals surface area (Å²) >= 11 is 0. The highest BCUT2D eigenvalue weighted by Gasteiger charge is 2.23. The SMILES string of the molecule is O=C(C[NH+]1CCc2ccccc2C1)NC1CCCCC1. The first kappa shape index (κ1) is 13.6. The maximum atomic E-state index is 12.2. The molecule has 1 saturated carbocycles. The van der Waals surface area contributed by atoms with Gasteiger partial charge in [-0.3, -0.25) is 4.79 Å². The molecule has 108 valence electrons. The molecule has 20 heavy (non-hydrogen) atoms. The van der Waals surface area contributed by atoms with E-state index in [1.54, 1.807) is 0 Å². The third-order valence-electron chi connectivity index (χ3n) is 4.69. The zero-order valence-electron chi connectivity index (χ0n) is 12.2. The molecule has 1 fully saturated rings. The van der Waals surface area contributed by atoms with Crippen molar-refractivity contribution in [2.45, 2.75) is 51.1 Å². The maximum absolute atomic E-state index is 12.2. The van der Waals surface area contributed by atoms with Crippen molar-refractivity contribution < 1.29 is 9.69 Å². The van der Waals surface area contributed by atoms with Gasteiger partial charge < -0.3 is 10.2 Å². The molecule has 0 spiro atoms. The first-order chi connectivity index (χ1) is 9.81. The van der Waals surface area contributed by atoms with Crippen LogP contribution in [0.3, 0.4) is 0 Å². The van der Waals surface area contributed by atoms with Crippen molar-refractivity contribution in [2.24, 2.45) is 0 Å². The van der Waals surface area contributed by atoms with E-state index in [4.69, 9.17) is 0 Å². The van der Waals surface area contributed by atoms with Crippen molar-refractivity contribution in [1.82, 2.24) is 5.32 Å². The van der Waals surface area contributed by atoms with Crippen LogP contribution < -0.4 is 10.2 Å². The normalized spacial score (nSPS) is 23.1. The summed E-state index contributed by atoms with van der Waals surface area (Å²) in [6.45, 7) is 2.70. The molecule has 1 atom stereocenters. The van der Waals surface area contributed by atoms with Gasteiger partial charge in [0.25, 0.3) is 5.91 Å². The molecule has 2 aliphatic rings. The molecule has 1 aliphatic carbocycles. The largest absolute Gasteiger partial charge is 0.348 e. The standard InChI is InChI=1S/C17H24N2O/c20-17(18-16-8-2-1-3-9-16)13-19-11-10-14-6-4-5-7-15(14)12-19/h4-7,16H,1-3,8-13H2,(H,18,20)/p+1. The minimum atomic E-state index is 0.242. The Morgan fingerprint density at radius 1 is 1.15 bits per heavy atom. The topological polar surface area (TPSA) is 33.5 Å². The highest BCUT2D eigenvalue weighted by Crippen LogP contribution is 2.17. The Labute approximate surface area is 121 Å². The van der Waals surface area contributed by atoms with Gasteiger partial charge in [0.1, 0.15) is 6.54 Å². The van der Waals surface area contributed by atoms with Gasteiger partial charge in [0.15, 0.2) is 6.54 Å². The Morgan fingerprint density at radius 2 is 1.90 bits per heavy atom. The summed E-state index contributed by atoms with van der Waals surface area (Å²) in [5, 5.41) is 3.23. The Balaban J connectivity index is 1.50. The lowest BCUT2D eigenvalue weighted by atomic mass is 9.95. The van der Waals surface area contributed by atoms with Crippen molar-refractivity contribution in [3.63, 3.8) is 0 Å². The number of hydrogen-bond donors (Lipinski definition) is 2. The highest BCUT2D eigenvalue weighted by atomic mass is 16.2. The van der Waals surface area contributed by atoms with Crippen LogP contribution in [0, 0.1) is 0 Å². The Hall–Kier alpha value is -1.35. The zero-order valence-corrected chi connectivity index (χ0v) is 12.2. The molecule has 1 aromatic rings. The van der Waals surface area contributed by atoms with Crippen LogP contribution in [0.1, 0.15) is 43.2 Å². The molecule has 3 heteroatoms. The number of quaternary nitrogens is 1. The number of carbonyl (C=O) groups excluding carboxylic acids is 1. The van der Waals surface area contributed by atoms with E-state index < -0.39 is 0 Å². The number of carbonyl (C=O) groups is 1. The molecule has 3 rings (SSSR count). The maximum Gasteiger partial charge on any atom is 0.275 e. The van der Waals surface area contributed by atoms with Crippen LogP contribution in [0.2, 0.25) is 0 Å². The van der Waals surface area contributed by atoms with Crippen LogP contribution in [0.4, 0.5) is 0 Å². The molecule has 2 N–H and O–H groups in total. The number of nitrogens with one attached hydrogen (secondary N) is 2. The fourth-order valence-electron chi connectivity index (χ4n) is 3.55. The summed E-state index contributed by atoms with van der Waals surface area (Å²) < 4.78 is 0. The van der Waals surface area contributed by atoms with E-state index in [0.717, 1.165) is 19.5 Å². The second-order valence-electron chi connectivity index (χ2n) is 6.27. The molecule has 1 amide bonds. The monoisotopic (exact) mass is 273 g/mol. The van der Waals surface area contributed by atoms with Crippen molar-refractivity contribution >= 4 is 5.91 Å². The number of amides is 1. The first-order valence-corrected chi connectivity index (χ1v) is 8.01. The van der Waals surface area contributed by atoms with E-state index in [-0.39, 0.29) is 5.91 Å². The fourth-order valence-corrected chi connectivity index (χ4v) is 3.55. The van der Waals surface area contributed by atoms with Crippen molar-refractivity contribution in [3.8, 4) is 0 Å². The van der Waals surface area contributed by atoms with Crippen LogP contribution >= 0.6 is 0 Å².